The van der Waals surface area contributed by atoms with E-state index < -0.39 is 44.2 Å². The van der Waals surface area contributed by atoms with E-state index in [1.54, 1.807) is 30.3 Å². The van der Waals surface area contributed by atoms with E-state index in [4.69, 9.17) is 0 Å². The Morgan fingerprint density at radius 1 is 0.744 bits per heavy atom. The van der Waals surface area contributed by atoms with Crippen molar-refractivity contribution < 1.29 is 34.8 Å². The first-order chi connectivity index (χ1) is 20.1. The lowest BCUT2D eigenvalue weighted by Crippen LogP contribution is -2.38. The molecule has 0 radical (unpaired) electrons. The number of alkyl halides is 3. The summed E-state index contributed by atoms with van der Waals surface area (Å²) in [6.45, 7) is 4.95. The summed E-state index contributed by atoms with van der Waals surface area (Å²) >= 11 is 0. The van der Waals surface area contributed by atoms with Crippen LogP contribution in [0.15, 0.2) is 101 Å². The van der Waals surface area contributed by atoms with Gasteiger partial charge in [0.15, 0.2) is 0 Å². The first-order valence-corrected chi connectivity index (χ1v) is 15.8. The summed E-state index contributed by atoms with van der Waals surface area (Å²) in [6, 6.07) is 19.9. The standard InChI is InChI=1S/C30H28F3N3O5S2/c1-20-7-13-28(14-8-20)43(40,41)36(26-12-9-21(2)22(3)17-26)19-29(37)34-24-10-15-27(16-11-24)42(38,39)35-25-6-4-5-23(18-25)30(31,32)33/h4-18,35H,19H2,1-3H3,(H,34,37). The lowest BCUT2D eigenvalue weighted by molar-refractivity contribution is -0.137. The van der Waals surface area contributed by atoms with E-state index in [1.807, 2.05) is 20.8 Å². The monoisotopic (exact) mass is 631 g/mol. The molecule has 0 spiro atoms. The van der Waals surface area contributed by atoms with E-state index in [2.05, 4.69) is 10.0 Å². The highest BCUT2D eigenvalue weighted by atomic mass is 32.2. The summed E-state index contributed by atoms with van der Waals surface area (Å²) in [5.74, 6) is -0.688. The summed E-state index contributed by atoms with van der Waals surface area (Å²) in [7, 11) is -8.40. The van der Waals surface area contributed by atoms with Crippen LogP contribution in [-0.2, 0) is 31.0 Å². The molecular weight excluding hydrogens is 603 g/mol. The number of aryl methyl sites for hydroxylation is 3. The SMILES string of the molecule is Cc1ccc(S(=O)(=O)N(CC(=O)Nc2ccc(S(=O)(=O)Nc3cccc(C(F)(F)F)c3)cc2)c2ccc(C)c(C)c2)cc1. The number of nitrogens with one attached hydrogen (secondary N) is 2. The predicted molar refractivity (Wildman–Crippen MR) is 159 cm³/mol. The molecule has 4 rings (SSSR count). The summed E-state index contributed by atoms with van der Waals surface area (Å²) in [5, 5.41) is 2.57. The first kappa shape index (κ1) is 31.6. The molecule has 0 saturated carbocycles. The van der Waals surface area contributed by atoms with E-state index in [0.717, 1.165) is 45.3 Å². The molecule has 0 aromatic heterocycles. The summed E-state index contributed by atoms with van der Waals surface area (Å²) in [4.78, 5) is 12.8. The Labute approximate surface area is 248 Å². The lowest BCUT2D eigenvalue weighted by atomic mass is 10.1. The molecule has 4 aromatic rings. The van der Waals surface area contributed by atoms with Gasteiger partial charge in [-0.05, 0) is 98.6 Å². The minimum absolute atomic E-state index is 0.00644. The number of carbonyl (C=O) groups is 1. The number of anilines is 3. The van der Waals surface area contributed by atoms with Crippen LogP contribution >= 0.6 is 0 Å². The largest absolute Gasteiger partial charge is 0.416 e. The molecule has 4 aromatic carbocycles. The van der Waals surface area contributed by atoms with Gasteiger partial charge in [0.05, 0.1) is 21.0 Å². The van der Waals surface area contributed by atoms with Crippen molar-refractivity contribution in [2.45, 2.75) is 36.7 Å². The van der Waals surface area contributed by atoms with Gasteiger partial charge in [-0.3, -0.25) is 13.8 Å². The Morgan fingerprint density at radius 3 is 1.98 bits per heavy atom. The number of hydrogen-bond acceptors (Lipinski definition) is 5. The molecule has 0 aliphatic heterocycles. The van der Waals surface area contributed by atoms with E-state index >= 15 is 0 Å². The molecule has 0 saturated heterocycles. The number of benzene rings is 4. The average molecular weight is 632 g/mol. The lowest BCUT2D eigenvalue weighted by Gasteiger charge is -2.25. The molecule has 2 N–H and O–H groups in total. The first-order valence-electron chi connectivity index (χ1n) is 12.8. The van der Waals surface area contributed by atoms with Gasteiger partial charge < -0.3 is 5.32 Å². The van der Waals surface area contributed by atoms with Gasteiger partial charge in [0.1, 0.15) is 6.54 Å². The zero-order valence-corrected chi connectivity index (χ0v) is 24.9. The molecule has 0 heterocycles. The second-order valence-corrected chi connectivity index (χ2v) is 13.4. The van der Waals surface area contributed by atoms with E-state index in [1.165, 1.54) is 30.3 Å². The minimum Gasteiger partial charge on any atom is -0.325 e. The van der Waals surface area contributed by atoms with Gasteiger partial charge >= 0.3 is 6.18 Å². The number of nitrogens with zero attached hydrogens (tertiary/aromatic N) is 1. The van der Waals surface area contributed by atoms with Crippen LogP contribution in [0, 0.1) is 20.8 Å². The van der Waals surface area contributed by atoms with Gasteiger partial charge in [-0.15, -0.1) is 0 Å². The Balaban J connectivity index is 1.53. The predicted octanol–water partition coefficient (Wildman–Crippen LogP) is 6.27. The van der Waals surface area contributed by atoms with Crippen molar-refractivity contribution in [3.63, 3.8) is 0 Å². The van der Waals surface area contributed by atoms with Crippen LogP contribution in [0.5, 0.6) is 0 Å². The van der Waals surface area contributed by atoms with Crippen LogP contribution in [0.2, 0.25) is 0 Å². The van der Waals surface area contributed by atoms with E-state index in [9.17, 15) is 34.8 Å². The fraction of sp³-hybridized carbons (Fsp3) is 0.167. The number of halogens is 3. The summed E-state index contributed by atoms with van der Waals surface area (Å²) in [6.07, 6.45) is -4.64. The zero-order chi connectivity index (χ0) is 31.6. The number of rotatable bonds is 9. The third kappa shape index (κ3) is 7.54. The Hall–Kier alpha value is -4.36. The van der Waals surface area contributed by atoms with Gasteiger partial charge in [-0.1, -0.05) is 29.8 Å². The van der Waals surface area contributed by atoms with E-state index in [-0.39, 0.29) is 21.2 Å². The molecule has 13 heteroatoms. The van der Waals surface area contributed by atoms with Gasteiger partial charge in [0.25, 0.3) is 20.0 Å². The Kier molecular flexibility index (Phi) is 8.88. The highest BCUT2D eigenvalue weighted by Crippen LogP contribution is 2.31. The van der Waals surface area contributed by atoms with Crippen LogP contribution in [0.25, 0.3) is 0 Å². The van der Waals surface area contributed by atoms with Gasteiger partial charge in [-0.2, -0.15) is 13.2 Å². The van der Waals surface area contributed by atoms with Crippen LogP contribution in [-0.4, -0.2) is 29.3 Å². The van der Waals surface area contributed by atoms with Crippen molar-refractivity contribution in [2.75, 3.05) is 20.9 Å². The van der Waals surface area contributed by atoms with Crippen molar-refractivity contribution in [1.29, 1.82) is 0 Å². The fourth-order valence-electron chi connectivity index (χ4n) is 4.05. The van der Waals surface area contributed by atoms with Crippen LogP contribution in [0.3, 0.4) is 0 Å². The van der Waals surface area contributed by atoms with Crippen LogP contribution in [0.1, 0.15) is 22.3 Å². The molecule has 0 aliphatic carbocycles. The minimum atomic E-state index is -4.64. The maximum Gasteiger partial charge on any atom is 0.416 e. The van der Waals surface area contributed by atoms with E-state index in [0.29, 0.717) is 11.8 Å². The normalized spacial score (nSPS) is 12.0. The molecule has 8 nitrogen and oxygen atoms in total. The maximum atomic E-state index is 13.6. The maximum absolute atomic E-state index is 13.6. The molecular formula is C30H28F3N3O5S2. The number of carbonyl (C=O) groups excluding carboxylic acids is 1. The highest BCUT2D eigenvalue weighted by Gasteiger charge is 2.31. The number of hydrogen-bond donors (Lipinski definition) is 2. The average Bonchev–Trinajstić information content (AvgIpc) is 2.93. The Morgan fingerprint density at radius 2 is 1.37 bits per heavy atom. The van der Waals surface area contributed by atoms with Crippen LogP contribution in [0.4, 0.5) is 30.2 Å². The number of amides is 1. The zero-order valence-electron chi connectivity index (χ0n) is 23.3. The Bertz CT molecular complexity index is 1860. The second-order valence-electron chi connectivity index (χ2n) is 9.85. The number of sulfonamides is 2. The summed E-state index contributed by atoms with van der Waals surface area (Å²) in [5.41, 5.74) is 1.83. The highest BCUT2D eigenvalue weighted by molar-refractivity contribution is 7.93. The molecule has 1 amide bonds. The molecule has 0 fully saturated rings. The van der Waals surface area contributed by atoms with Crippen LogP contribution < -0.4 is 14.3 Å². The quantitative estimate of drug-likeness (QED) is 0.226. The third-order valence-electron chi connectivity index (χ3n) is 6.57. The van der Waals surface area contributed by atoms with Gasteiger partial charge in [0.2, 0.25) is 5.91 Å². The third-order valence-corrected chi connectivity index (χ3v) is 9.75. The van der Waals surface area contributed by atoms with Gasteiger partial charge in [-0.25, -0.2) is 16.8 Å². The molecule has 0 atom stereocenters. The fourth-order valence-corrected chi connectivity index (χ4v) is 6.52. The topological polar surface area (TPSA) is 113 Å². The molecule has 43 heavy (non-hydrogen) atoms. The van der Waals surface area contributed by atoms with Crippen molar-refractivity contribution in [2.24, 2.45) is 0 Å². The van der Waals surface area contributed by atoms with Crippen molar-refractivity contribution in [3.05, 3.63) is 113 Å². The smallest absolute Gasteiger partial charge is 0.325 e. The van der Waals surface area contributed by atoms with Crippen molar-refractivity contribution in [1.82, 2.24) is 0 Å². The molecule has 0 aliphatic rings. The van der Waals surface area contributed by atoms with Gasteiger partial charge in [0, 0.05) is 11.4 Å². The summed E-state index contributed by atoms with van der Waals surface area (Å²) < 4.78 is 94.9. The molecule has 0 bridgehead atoms. The molecule has 0 unspecified atom stereocenters. The second kappa shape index (κ2) is 12.1. The van der Waals surface area contributed by atoms with Crippen molar-refractivity contribution in [3.8, 4) is 0 Å². The molecule has 226 valence electrons. The van der Waals surface area contributed by atoms with Crippen molar-refractivity contribution >= 4 is 43.0 Å².